The molecule has 1 aliphatic rings. The predicted molar refractivity (Wildman–Crippen MR) is 93.7 cm³/mol. The van der Waals surface area contributed by atoms with Gasteiger partial charge in [0.05, 0.1) is 11.2 Å². The van der Waals surface area contributed by atoms with Crippen LogP contribution in [-0.4, -0.2) is 52.9 Å². The van der Waals surface area contributed by atoms with Gasteiger partial charge < -0.3 is 5.32 Å². The lowest BCUT2D eigenvalue weighted by Crippen LogP contribution is -2.39. The van der Waals surface area contributed by atoms with Crippen LogP contribution in [0, 0.1) is 5.92 Å². The van der Waals surface area contributed by atoms with Crippen molar-refractivity contribution < 1.29 is 21.6 Å². The summed E-state index contributed by atoms with van der Waals surface area (Å²) >= 11 is 0. The van der Waals surface area contributed by atoms with Crippen LogP contribution in [0.2, 0.25) is 0 Å². The van der Waals surface area contributed by atoms with Crippen molar-refractivity contribution in [3.8, 4) is 0 Å². The Morgan fingerprint density at radius 1 is 1.16 bits per heavy atom. The van der Waals surface area contributed by atoms with Gasteiger partial charge in [0.15, 0.2) is 0 Å². The number of carbonyl (C=O) groups is 1. The first-order chi connectivity index (χ1) is 11.6. The average molecular weight is 389 g/mol. The van der Waals surface area contributed by atoms with Gasteiger partial charge >= 0.3 is 0 Å². The standard InChI is InChI=1S/C15H23N3O5S2/c1-24(20,21)18(11-9-17-15(19)13-4-5-13)10-8-12-2-6-14(7-3-12)25(16,22)23/h2-3,6-7,13H,4-5,8-11H2,1H3,(H,17,19)(H2,16,22,23). The Kier molecular flexibility index (Phi) is 6.20. The van der Waals surface area contributed by atoms with E-state index < -0.39 is 20.0 Å². The molecule has 0 bridgehead atoms. The summed E-state index contributed by atoms with van der Waals surface area (Å²) in [6.07, 6.45) is 3.35. The number of nitrogens with two attached hydrogens (primary N) is 1. The largest absolute Gasteiger partial charge is 0.355 e. The molecule has 25 heavy (non-hydrogen) atoms. The van der Waals surface area contributed by atoms with Gasteiger partial charge in [-0.2, -0.15) is 0 Å². The molecule has 1 fully saturated rings. The maximum absolute atomic E-state index is 11.9. The van der Waals surface area contributed by atoms with Gasteiger partial charge in [-0.15, -0.1) is 0 Å². The number of benzene rings is 1. The molecule has 140 valence electrons. The molecule has 1 aromatic rings. The molecule has 0 spiro atoms. The molecule has 0 radical (unpaired) electrons. The number of sulfonamides is 2. The molecule has 0 atom stereocenters. The fourth-order valence-electron chi connectivity index (χ4n) is 2.34. The lowest BCUT2D eigenvalue weighted by Gasteiger charge is -2.20. The Bertz CT molecular complexity index is 815. The number of nitrogens with one attached hydrogen (secondary N) is 1. The number of hydrogen-bond donors (Lipinski definition) is 2. The van der Waals surface area contributed by atoms with E-state index in [0.29, 0.717) is 6.42 Å². The molecule has 0 aliphatic heterocycles. The number of amides is 1. The van der Waals surface area contributed by atoms with Crippen molar-refractivity contribution in [2.24, 2.45) is 11.1 Å². The minimum Gasteiger partial charge on any atom is -0.355 e. The van der Waals surface area contributed by atoms with E-state index in [4.69, 9.17) is 5.14 Å². The predicted octanol–water partition coefficient (Wildman–Crippen LogP) is -0.336. The van der Waals surface area contributed by atoms with Crippen LogP contribution in [0.15, 0.2) is 29.2 Å². The molecule has 8 nitrogen and oxygen atoms in total. The SMILES string of the molecule is CS(=O)(=O)N(CCNC(=O)C1CC1)CCc1ccc(S(N)(=O)=O)cc1. The zero-order valence-electron chi connectivity index (χ0n) is 14.0. The van der Waals surface area contributed by atoms with Crippen LogP contribution in [0.1, 0.15) is 18.4 Å². The number of primary sulfonamides is 1. The highest BCUT2D eigenvalue weighted by molar-refractivity contribution is 7.89. The van der Waals surface area contributed by atoms with Crippen LogP contribution in [0.4, 0.5) is 0 Å². The normalized spacial score (nSPS) is 15.3. The third-order valence-electron chi connectivity index (χ3n) is 3.98. The van der Waals surface area contributed by atoms with Crippen LogP contribution in [0.3, 0.4) is 0 Å². The van der Waals surface area contributed by atoms with Gasteiger partial charge in [-0.25, -0.2) is 26.3 Å². The summed E-state index contributed by atoms with van der Waals surface area (Å²) in [5.74, 6) is 0.0658. The van der Waals surface area contributed by atoms with Crippen molar-refractivity contribution in [2.45, 2.75) is 24.2 Å². The number of carbonyl (C=O) groups excluding carboxylic acids is 1. The second-order valence-electron chi connectivity index (χ2n) is 6.17. The Labute approximate surface area is 148 Å². The lowest BCUT2D eigenvalue weighted by molar-refractivity contribution is -0.122. The summed E-state index contributed by atoms with van der Waals surface area (Å²) in [5.41, 5.74) is 0.795. The molecule has 1 aromatic carbocycles. The number of nitrogens with zero attached hydrogens (tertiary/aromatic N) is 1. The van der Waals surface area contributed by atoms with Crippen LogP contribution >= 0.6 is 0 Å². The minimum atomic E-state index is -3.74. The van der Waals surface area contributed by atoms with Gasteiger partial charge in [-0.1, -0.05) is 12.1 Å². The number of hydrogen-bond acceptors (Lipinski definition) is 5. The van der Waals surface area contributed by atoms with E-state index in [1.807, 2.05) is 0 Å². The first-order valence-electron chi connectivity index (χ1n) is 7.92. The molecule has 0 saturated heterocycles. The smallest absolute Gasteiger partial charge is 0.238 e. The summed E-state index contributed by atoms with van der Waals surface area (Å²) in [7, 11) is -7.15. The van der Waals surface area contributed by atoms with Crippen LogP contribution < -0.4 is 10.5 Å². The third-order valence-corrected chi connectivity index (χ3v) is 6.21. The Balaban J connectivity index is 1.89. The molecular weight excluding hydrogens is 366 g/mol. The van der Waals surface area contributed by atoms with Crippen molar-refractivity contribution in [3.63, 3.8) is 0 Å². The summed E-state index contributed by atoms with van der Waals surface area (Å²) in [5, 5.41) is 7.79. The highest BCUT2D eigenvalue weighted by Crippen LogP contribution is 2.28. The van der Waals surface area contributed by atoms with Gasteiger partial charge in [0.1, 0.15) is 0 Å². The van der Waals surface area contributed by atoms with Crippen molar-refractivity contribution >= 4 is 26.0 Å². The minimum absolute atomic E-state index is 0.0130. The van der Waals surface area contributed by atoms with E-state index >= 15 is 0 Å². The first kappa shape index (κ1) is 19.8. The molecule has 0 unspecified atom stereocenters. The quantitative estimate of drug-likeness (QED) is 0.598. The van der Waals surface area contributed by atoms with Gasteiger partial charge in [-0.3, -0.25) is 4.79 Å². The zero-order chi connectivity index (χ0) is 18.7. The molecule has 2 rings (SSSR count). The highest BCUT2D eigenvalue weighted by Gasteiger charge is 2.29. The maximum Gasteiger partial charge on any atom is 0.238 e. The summed E-state index contributed by atoms with van der Waals surface area (Å²) in [4.78, 5) is 11.6. The van der Waals surface area contributed by atoms with Crippen molar-refractivity contribution in [2.75, 3.05) is 25.9 Å². The van der Waals surface area contributed by atoms with Gasteiger partial charge in [0.2, 0.25) is 26.0 Å². The first-order valence-corrected chi connectivity index (χ1v) is 11.3. The van der Waals surface area contributed by atoms with Gasteiger partial charge in [0.25, 0.3) is 0 Å². The molecular formula is C15H23N3O5S2. The van der Waals surface area contributed by atoms with E-state index in [9.17, 15) is 21.6 Å². The molecule has 1 saturated carbocycles. The second kappa shape index (κ2) is 7.81. The molecule has 1 aliphatic carbocycles. The maximum atomic E-state index is 11.9. The molecule has 0 heterocycles. The van der Waals surface area contributed by atoms with Crippen molar-refractivity contribution in [1.82, 2.24) is 9.62 Å². The number of rotatable bonds is 9. The van der Waals surface area contributed by atoms with Crippen LogP contribution in [0.25, 0.3) is 0 Å². The van der Waals surface area contributed by atoms with E-state index in [-0.39, 0.29) is 36.4 Å². The summed E-state index contributed by atoms with van der Waals surface area (Å²) in [6, 6.07) is 6.00. The Morgan fingerprint density at radius 3 is 2.24 bits per heavy atom. The fourth-order valence-corrected chi connectivity index (χ4v) is 3.70. The van der Waals surface area contributed by atoms with Gasteiger partial charge in [-0.05, 0) is 37.0 Å². The monoisotopic (exact) mass is 389 g/mol. The Morgan fingerprint density at radius 2 is 1.76 bits per heavy atom. The topological polar surface area (TPSA) is 127 Å². The average Bonchev–Trinajstić information content (AvgIpc) is 3.33. The van der Waals surface area contributed by atoms with E-state index in [0.717, 1.165) is 24.7 Å². The third kappa shape index (κ3) is 6.38. The molecule has 3 N–H and O–H groups in total. The molecule has 0 aromatic heterocycles. The van der Waals surface area contributed by atoms with Crippen molar-refractivity contribution in [3.05, 3.63) is 29.8 Å². The highest BCUT2D eigenvalue weighted by atomic mass is 32.2. The Hall–Kier alpha value is -1.49. The summed E-state index contributed by atoms with van der Waals surface area (Å²) in [6.45, 7) is 0.714. The second-order valence-corrected chi connectivity index (χ2v) is 9.71. The van der Waals surface area contributed by atoms with E-state index in [2.05, 4.69) is 5.32 Å². The molecule has 10 heteroatoms. The van der Waals surface area contributed by atoms with Gasteiger partial charge in [0, 0.05) is 25.6 Å². The zero-order valence-corrected chi connectivity index (χ0v) is 15.6. The van der Waals surface area contributed by atoms with E-state index in [1.165, 1.54) is 16.4 Å². The molecule has 1 amide bonds. The van der Waals surface area contributed by atoms with Crippen LogP contribution in [0.5, 0.6) is 0 Å². The van der Waals surface area contributed by atoms with Crippen molar-refractivity contribution in [1.29, 1.82) is 0 Å². The summed E-state index contributed by atoms with van der Waals surface area (Å²) < 4.78 is 47.5. The van der Waals surface area contributed by atoms with Crippen LogP contribution in [-0.2, 0) is 31.3 Å². The fraction of sp³-hybridized carbons (Fsp3) is 0.533. The lowest BCUT2D eigenvalue weighted by atomic mass is 10.1. The van der Waals surface area contributed by atoms with E-state index in [1.54, 1.807) is 12.1 Å².